The first kappa shape index (κ1) is 14.4. The first-order chi connectivity index (χ1) is 10.3. The Balaban J connectivity index is 2.25. The SMILES string of the molecule is [N-]=[N+]=CC(=O)OCC=C(c1ccccc1)c1ccccc1. The van der Waals surface area contributed by atoms with E-state index in [-0.39, 0.29) is 6.61 Å². The minimum Gasteiger partial charge on any atom is -0.453 e. The largest absolute Gasteiger partial charge is 0.453 e. The summed E-state index contributed by atoms with van der Waals surface area (Å²) in [5.41, 5.74) is 11.3. The van der Waals surface area contributed by atoms with E-state index in [1.807, 2.05) is 66.7 Å². The van der Waals surface area contributed by atoms with Crippen molar-refractivity contribution in [1.29, 1.82) is 0 Å². The van der Waals surface area contributed by atoms with E-state index >= 15 is 0 Å². The van der Waals surface area contributed by atoms with Crippen LogP contribution >= 0.6 is 0 Å². The van der Waals surface area contributed by atoms with Crippen molar-refractivity contribution >= 4 is 17.8 Å². The summed E-state index contributed by atoms with van der Waals surface area (Å²) in [7, 11) is 0. The van der Waals surface area contributed by atoms with E-state index in [0.717, 1.165) is 22.9 Å². The Morgan fingerprint density at radius 2 is 1.52 bits per heavy atom. The predicted octanol–water partition coefficient (Wildman–Crippen LogP) is 2.96. The smallest absolute Gasteiger partial charge is 0.413 e. The first-order valence-electron chi connectivity index (χ1n) is 6.46. The lowest BCUT2D eigenvalue weighted by molar-refractivity contribution is -0.137. The van der Waals surface area contributed by atoms with Gasteiger partial charge in [0.2, 0.25) is 0 Å². The van der Waals surface area contributed by atoms with Gasteiger partial charge in [-0.25, -0.2) is 4.79 Å². The molecule has 0 spiro atoms. The third-order valence-electron chi connectivity index (χ3n) is 2.85. The summed E-state index contributed by atoms with van der Waals surface area (Å²) in [4.78, 5) is 13.8. The Morgan fingerprint density at radius 1 is 1.00 bits per heavy atom. The van der Waals surface area contributed by atoms with Crippen LogP contribution in [0.1, 0.15) is 11.1 Å². The van der Waals surface area contributed by atoms with Gasteiger partial charge < -0.3 is 10.3 Å². The number of ether oxygens (including phenoxy) is 1. The molecular formula is C17H14N2O2. The number of rotatable bonds is 5. The van der Waals surface area contributed by atoms with Crippen molar-refractivity contribution in [2.75, 3.05) is 6.61 Å². The van der Waals surface area contributed by atoms with E-state index < -0.39 is 5.97 Å². The topological polar surface area (TPSA) is 62.7 Å². The fourth-order valence-corrected chi connectivity index (χ4v) is 1.93. The highest BCUT2D eigenvalue weighted by Gasteiger charge is 2.06. The van der Waals surface area contributed by atoms with E-state index in [0.29, 0.717) is 0 Å². The minimum atomic E-state index is -0.686. The average Bonchev–Trinajstić information content (AvgIpc) is 2.53. The molecule has 104 valence electrons. The second-order valence-electron chi connectivity index (χ2n) is 4.22. The monoisotopic (exact) mass is 278 g/mol. The molecule has 0 atom stereocenters. The van der Waals surface area contributed by atoms with Crippen LogP contribution in [0.25, 0.3) is 11.1 Å². The van der Waals surface area contributed by atoms with Gasteiger partial charge in [-0.2, -0.15) is 4.79 Å². The van der Waals surface area contributed by atoms with Crippen molar-refractivity contribution in [1.82, 2.24) is 0 Å². The van der Waals surface area contributed by atoms with Gasteiger partial charge in [0.1, 0.15) is 6.61 Å². The molecule has 0 aromatic heterocycles. The van der Waals surface area contributed by atoms with Crippen LogP contribution in [0.3, 0.4) is 0 Å². The van der Waals surface area contributed by atoms with Crippen LogP contribution in [0.15, 0.2) is 66.7 Å². The summed E-state index contributed by atoms with van der Waals surface area (Å²) in [6.45, 7) is 0.101. The van der Waals surface area contributed by atoms with Gasteiger partial charge >= 0.3 is 12.2 Å². The molecule has 2 aromatic rings. The molecule has 4 nitrogen and oxygen atoms in total. The van der Waals surface area contributed by atoms with E-state index in [1.165, 1.54) is 0 Å². The molecule has 0 aliphatic heterocycles. The Kier molecular flexibility index (Phi) is 5.21. The Morgan fingerprint density at radius 3 is 2.00 bits per heavy atom. The van der Waals surface area contributed by atoms with Gasteiger partial charge in [0.15, 0.2) is 0 Å². The van der Waals surface area contributed by atoms with Crippen LogP contribution < -0.4 is 0 Å². The van der Waals surface area contributed by atoms with Gasteiger partial charge in [0.25, 0.3) is 0 Å². The number of carbonyl (C=O) groups excluding carboxylic acids is 1. The van der Waals surface area contributed by atoms with Gasteiger partial charge in [-0.05, 0) is 22.8 Å². The maximum Gasteiger partial charge on any atom is 0.413 e. The van der Waals surface area contributed by atoms with Gasteiger partial charge in [-0.1, -0.05) is 60.7 Å². The quantitative estimate of drug-likeness (QED) is 0.365. The van der Waals surface area contributed by atoms with Crippen molar-refractivity contribution < 1.29 is 14.3 Å². The molecule has 0 N–H and O–H groups in total. The van der Waals surface area contributed by atoms with Crippen LogP contribution in [0.2, 0.25) is 0 Å². The molecule has 0 bridgehead atoms. The lowest BCUT2D eigenvalue weighted by Crippen LogP contribution is -2.06. The summed E-state index contributed by atoms with van der Waals surface area (Å²) in [5, 5.41) is 0. The van der Waals surface area contributed by atoms with Crippen LogP contribution in [0, 0.1) is 0 Å². The van der Waals surface area contributed by atoms with Gasteiger partial charge in [-0.3, -0.25) is 0 Å². The van der Waals surface area contributed by atoms with Crippen molar-refractivity contribution in [3.8, 4) is 0 Å². The summed E-state index contributed by atoms with van der Waals surface area (Å²) in [6, 6.07) is 19.7. The molecule has 0 fully saturated rings. The molecule has 0 aliphatic rings. The molecule has 2 rings (SSSR count). The molecule has 0 amide bonds. The molecule has 0 aliphatic carbocycles. The zero-order chi connectivity index (χ0) is 14.9. The fraction of sp³-hybridized carbons (Fsp3) is 0.0588. The van der Waals surface area contributed by atoms with Crippen molar-refractivity contribution in [2.45, 2.75) is 0 Å². The zero-order valence-electron chi connectivity index (χ0n) is 11.3. The number of hydrogen-bond acceptors (Lipinski definition) is 2. The molecule has 0 unspecified atom stereocenters. The Bertz CT molecular complexity index is 631. The number of nitrogens with zero attached hydrogens (tertiary/aromatic N) is 2. The minimum absolute atomic E-state index is 0.101. The Hall–Kier alpha value is -2.97. The zero-order valence-corrected chi connectivity index (χ0v) is 11.3. The highest BCUT2D eigenvalue weighted by Crippen LogP contribution is 2.22. The highest BCUT2D eigenvalue weighted by molar-refractivity contribution is 6.20. The van der Waals surface area contributed by atoms with Crippen molar-refractivity contribution in [2.24, 2.45) is 0 Å². The highest BCUT2D eigenvalue weighted by atomic mass is 16.5. The summed E-state index contributed by atoms with van der Waals surface area (Å²) >= 11 is 0. The summed E-state index contributed by atoms with van der Waals surface area (Å²) in [5.74, 6) is -0.686. The maximum atomic E-state index is 11.1. The second-order valence-corrected chi connectivity index (χ2v) is 4.22. The standard InChI is InChI=1S/C17H14N2O2/c18-19-13-17(20)21-12-11-16(14-7-3-1-4-8-14)15-9-5-2-6-10-15/h1-11,13H,12H2. The maximum absolute atomic E-state index is 11.1. The van der Waals surface area contributed by atoms with Crippen LogP contribution in [-0.4, -0.2) is 23.6 Å². The molecule has 0 saturated heterocycles. The molecule has 0 heterocycles. The predicted molar refractivity (Wildman–Crippen MR) is 80.6 cm³/mol. The number of benzene rings is 2. The number of esters is 1. The average molecular weight is 278 g/mol. The summed E-state index contributed by atoms with van der Waals surface area (Å²) < 4.78 is 4.93. The Labute approximate surface area is 122 Å². The molecule has 2 aromatic carbocycles. The van der Waals surface area contributed by atoms with Crippen LogP contribution in [0.5, 0.6) is 0 Å². The second kappa shape index (κ2) is 7.58. The molecule has 21 heavy (non-hydrogen) atoms. The lowest BCUT2D eigenvalue weighted by atomic mass is 9.98. The normalized spacial score (nSPS) is 9.33. The van der Waals surface area contributed by atoms with Gasteiger partial charge in [-0.15, -0.1) is 0 Å². The third-order valence-corrected chi connectivity index (χ3v) is 2.85. The lowest BCUT2D eigenvalue weighted by Gasteiger charge is -2.08. The molecule has 4 heteroatoms. The third kappa shape index (κ3) is 4.27. The van der Waals surface area contributed by atoms with E-state index in [1.54, 1.807) is 0 Å². The molecular weight excluding hydrogens is 264 g/mol. The van der Waals surface area contributed by atoms with Crippen LogP contribution in [0.4, 0.5) is 0 Å². The van der Waals surface area contributed by atoms with Gasteiger partial charge in [0.05, 0.1) is 0 Å². The first-order valence-corrected chi connectivity index (χ1v) is 6.46. The van der Waals surface area contributed by atoms with E-state index in [9.17, 15) is 4.79 Å². The number of carbonyl (C=O) groups is 1. The summed E-state index contributed by atoms with van der Waals surface area (Å²) in [6.07, 6.45) is 2.55. The molecule has 0 radical (unpaired) electrons. The molecule has 0 saturated carbocycles. The van der Waals surface area contributed by atoms with E-state index in [4.69, 9.17) is 10.3 Å². The fourth-order valence-electron chi connectivity index (χ4n) is 1.93. The number of hydrogen-bond donors (Lipinski definition) is 0. The van der Waals surface area contributed by atoms with Crippen molar-refractivity contribution in [3.05, 3.63) is 83.4 Å². The van der Waals surface area contributed by atoms with Crippen molar-refractivity contribution in [3.63, 3.8) is 0 Å². The van der Waals surface area contributed by atoms with Crippen LogP contribution in [-0.2, 0) is 9.53 Å². The van der Waals surface area contributed by atoms with Gasteiger partial charge in [0, 0.05) is 0 Å². The van der Waals surface area contributed by atoms with E-state index in [2.05, 4.69) is 4.79 Å².